The number of aromatic nitrogens is 4. The largest absolute Gasteiger partial charge is 0.386 e. The molecule has 0 radical (unpaired) electrons. The third kappa shape index (κ3) is 2.32. The molecule has 0 saturated carbocycles. The third-order valence-electron chi connectivity index (χ3n) is 3.04. The number of aliphatic hydroxyl groups is 1. The minimum absolute atomic E-state index is 0.712. The highest BCUT2D eigenvalue weighted by atomic mass is 79.9. The van der Waals surface area contributed by atoms with Gasteiger partial charge in [0, 0.05) is 11.8 Å². The Labute approximate surface area is 124 Å². The van der Waals surface area contributed by atoms with E-state index in [0.29, 0.717) is 5.65 Å². The average Bonchev–Trinajstić information content (AvgIpc) is 2.80. The average molecular weight is 333 g/mol. The van der Waals surface area contributed by atoms with Gasteiger partial charge in [0.25, 0.3) is 0 Å². The molecule has 0 atom stereocenters. The first kappa shape index (κ1) is 13.2. The van der Waals surface area contributed by atoms with Crippen molar-refractivity contribution in [2.45, 2.75) is 19.4 Å². The van der Waals surface area contributed by atoms with Crippen molar-refractivity contribution in [3.05, 3.63) is 47.0 Å². The first-order chi connectivity index (χ1) is 9.45. The van der Waals surface area contributed by atoms with E-state index < -0.39 is 5.60 Å². The van der Waals surface area contributed by atoms with E-state index in [0.717, 1.165) is 21.5 Å². The van der Waals surface area contributed by atoms with Crippen LogP contribution in [0.2, 0.25) is 0 Å². The van der Waals surface area contributed by atoms with E-state index >= 15 is 0 Å². The summed E-state index contributed by atoms with van der Waals surface area (Å²) >= 11 is 3.35. The number of hydrogen-bond donors (Lipinski definition) is 1. The van der Waals surface area contributed by atoms with Crippen LogP contribution in [-0.2, 0) is 5.60 Å². The van der Waals surface area contributed by atoms with Gasteiger partial charge < -0.3 is 5.11 Å². The van der Waals surface area contributed by atoms with Gasteiger partial charge in [-0.3, -0.25) is 4.57 Å². The van der Waals surface area contributed by atoms with Crippen LogP contribution in [0.1, 0.15) is 19.4 Å². The van der Waals surface area contributed by atoms with Crippen LogP contribution in [-0.4, -0.2) is 24.6 Å². The van der Waals surface area contributed by atoms with Gasteiger partial charge >= 0.3 is 0 Å². The van der Waals surface area contributed by atoms with Crippen molar-refractivity contribution in [2.24, 2.45) is 0 Å². The predicted octanol–water partition coefficient (Wildman–Crippen LogP) is 2.81. The van der Waals surface area contributed by atoms with Crippen LogP contribution in [0.3, 0.4) is 0 Å². The molecule has 0 aliphatic carbocycles. The lowest BCUT2D eigenvalue weighted by molar-refractivity contribution is 0.0784. The van der Waals surface area contributed by atoms with Crippen LogP contribution in [0.15, 0.2) is 41.4 Å². The van der Waals surface area contributed by atoms with E-state index in [9.17, 15) is 5.11 Å². The van der Waals surface area contributed by atoms with Crippen molar-refractivity contribution >= 4 is 27.1 Å². The summed E-state index contributed by atoms with van der Waals surface area (Å²) in [6.07, 6.45) is 3.35. The van der Waals surface area contributed by atoms with Crippen LogP contribution in [0.4, 0.5) is 0 Å². The maximum Gasteiger partial charge on any atom is 0.165 e. The normalized spacial score (nSPS) is 12.0. The zero-order valence-corrected chi connectivity index (χ0v) is 12.7. The van der Waals surface area contributed by atoms with Crippen LogP contribution in [0.25, 0.3) is 17.0 Å². The molecular weight excluding hydrogens is 320 g/mol. The lowest BCUT2D eigenvalue weighted by atomic mass is 10.0. The Hall–Kier alpha value is -1.79. The quantitative estimate of drug-likeness (QED) is 0.733. The summed E-state index contributed by atoms with van der Waals surface area (Å²) in [6.45, 7) is 3.45. The van der Waals surface area contributed by atoms with E-state index in [1.54, 1.807) is 26.4 Å². The fourth-order valence-electron chi connectivity index (χ4n) is 1.94. The molecule has 0 aliphatic heterocycles. The molecule has 0 spiro atoms. The Morgan fingerprint density at radius 3 is 2.75 bits per heavy atom. The Kier molecular flexibility index (Phi) is 3.07. The van der Waals surface area contributed by atoms with Gasteiger partial charge in [0.15, 0.2) is 5.65 Å². The minimum atomic E-state index is -0.932. The van der Waals surface area contributed by atoms with Crippen molar-refractivity contribution in [3.8, 4) is 5.82 Å². The molecule has 3 aromatic heterocycles. The number of hydrogen-bond acceptors (Lipinski definition) is 4. The number of fused-ring (bicyclic) bond motifs is 1. The number of imidazole rings is 1. The van der Waals surface area contributed by atoms with E-state index in [1.165, 1.54) is 0 Å². The maximum absolute atomic E-state index is 10.0. The Balaban J connectivity index is 2.15. The first-order valence-corrected chi connectivity index (χ1v) is 6.93. The third-order valence-corrected chi connectivity index (χ3v) is 3.48. The van der Waals surface area contributed by atoms with E-state index in [4.69, 9.17) is 0 Å². The second kappa shape index (κ2) is 4.64. The summed E-state index contributed by atoms with van der Waals surface area (Å²) in [4.78, 5) is 13.1. The number of rotatable bonds is 2. The minimum Gasteiger partial charge on any atom is -0.386 e. The Morgan fingerprint density at radius 1 is 1.25 bits per heavy atom. The monoisotopic (exact) mass is 332 g/mol. The van der Waals surface area contributed by atoms with Gasteiger partial charge in [0.2, 0.25) is 0 Å². The van der Waals surface area contributed by atoms with Crippen molar-refractivity contribution in [3.63, 3.8) is 0 Å². The van der Waals surface area contributed by atoms with Gasteiger partial charge in [-0.2, -0.15) is 0 Å². The Bertz CT molecular complexity index is 776. The summed E-state index contributed by atoms with van der Waals surface area (Å²) in [5, 5.41) is 10.0. The summed E-state index contributed by atoms with van der Waals surface area (Å²) in [6, 6.07) is 7.50. The zero-order valence-electron chi connectivity index (χ0n) is 11.1. The molecule has 1 N–H and O–H groups in total. The highest BCUT2D eigenvalue weighted by Gasteiger charge is 2.18. The molecule has 0 saturated heterocycles. The molecule has 3 aromatic rings. The second-order valence-electron chi connectivity index (χ2n) is 5.06. The maximum atomic E-state index is 10.0. The van der Waals surface area contributed by atoms with Gasteiger partial charge in [-0.15, -0.1) is 0 Å². The molecule has 0 aliphatic rings. The molecule has 6 heteroatoms. The molecule has 3 heterocycles. The molecular formula is C14H13BrN4O. The predicted molar refractivity (Wildman–Crippen MR) is 79.6 cm³/mol. The zero-order chi connectivity index (χ0) is 14.3. The second-order valence-corrected chi connectivity index (χ2v) is 5.87. The molecule has 0 bridgehead atoms. The van der Waals surface area contributed by atoms with Crippen LogP contribution in [0, 0.1) is 0 Å². The molecule has 0 aromatic carbocycles. The fourth-order valence-corrected chi connectivity index (χ4v) is 2.27. The molecule has 3 rings (SSSR count). The van der Waals surface area contributed by atoms with Gasteiger partial charge in [0.05, 0.1) is 5.60 Å². The number of pyridine rings is 2. The standard InChI is InChI=1S/C14H13BrN4O/c1-14(2,20)9-6-10-13(16-7-9)19(8-17-10)12-5-3-4-11(15)18-12/h3-8,20H,1-2H3. The van der Waals surface area contributed by atoms with E-state index in [2.05, 4.69) is 30.9 Å². The van der Waals surface area contributed by atoms with E-state index in [-0.39, 0.29) is 0 Å². The van der Waals surface area contributed by atoms with Crippen molar-refractivity contribution in [2.75, 3.05) is 0 Å². The number of halogens is 1. The Morgan fingerprint density at radius 2 is 2.05 bits per heavy atom. The van der Waals surface area contributed by atoms with Crippen molar-refractivity contribution < 1.29 is 5.11 Å². The molecule has 20 heavy (non-hydrogen) atoms. The lowest BCUT2D eigenvalue weighted by Crippen LogP contribution is -2.15. The smallest absolute Gasteiger partial charge is 0.165 e. The highest BCUT2D eigenvalue weighted by molar-refractivity contribution is 9.10. The highest BCUT2D eigenvalue weighted by Crippen LogP contribution is 2.23. The molecule has 0 unspecified atom stereocenters. The van der Waals surface area contributed by atoms with E-state index in [1.807, 2.05) is 28.8 Å². The van der Waals surface area contributed by atoms with Gasteiger partial charge in [0.1, 0.15) is 22.3 Å². The summed E-state index contributed by atoms with van der Waals surface area (Å²) in [5.41, 5.74) is 1.24. The van der Waals surface area contributed by atoms with Crippen LogP contribution in [0.5, 0.6) is 0 Å². The topological polar surface area (TPSA) is 63.8 Å². The number of nitrogens with zero attached hydrogens (tertiary/aromatic N) is 4. The molecule has 102 valence electrons. The lowest BCUT2D eigenvalue weighted by Gasteiger charge is -2.16. The first-order valence-electron chi connectivity index (χ1n) is 6.14. The summed E-state index contributed by atoms with van der Waals surface area (Å²) < 4.78 is 2.57. The fraction of sp³-hybridized carbons (Fsp3) is 0.214. The van der Waals surface area contributed by atoms with Gasteiger partial charge in [-0.1, -0.05) is 6.07 Å². The summed E-state index contributed by atoms with van der Waals surface area (Å²) in [5.74, 6) is 0.741. The van der Waals surface area contributed by atoms with Gasteiger partial charge in [-0.05, 0) is 48.0 Å². The van der Waals surface area contributed by atoms with Crippen LogP contribution < -0.4 is 0 Å². The van der Waals surface area contributed by atoms with Crippen LogP contribution >= 0.6 is 15.9 Å². The SMILES string of the molecule is CC(C)(O)c1cnc2c(c1)ncn2-c1cccc(Br)n1. The molecule has 5 nitrogen and oxygen atoms in total. The van der Waals surface area contributed by atoms with Crippen molar-refractivity contribution in [1.82, 2.24) is 19.5 Å². The molecule has 0 amide bonds. The van der Waals surface area contributed by atoms with Crippen molar-refractivity contribution in [1.29, 1.82) is 0 Å². The molecule has 0 fully saturated rings. The van der Waals surface area contributed by atoms with Gasteiger partial charge in [-0.25, -0.2) is 15.0 Å². The summed E-state index contributed by atoms with van der Waals surface area (Å²) in [7, 11) is 0.